The van der Waals surface area contributed by atoms with Crippen LogP contribution in [0.3, 0.4) is 0 Å². The van der Waals surface area contributed by atoms with Gasteiger partial charge in [0.05, 0.1) is 15.7 Å². The van der Waals surface area contributed by atoms with Crippen LogP contribution < -0.4 is 20.1 Å². The van der Waals surface area contributed by atoms with Crippen molar-refractivity contribution in [3.8, 4) is 11.5 Å². The smallest absolute Gasteiger partial charge is 0.231 e. The van der Waals surface area contributed by atoms with Crippen molar-refractivity contribution in [3.63, 3.8) is 0 Å². The lowest BCUT2D eigenvalue weighted by atomic mass is 10.2. The maximum Gasteiger partial charge on any atom is 0.231 e. The molecule has 0 radical (unpaired) electrons. The second-order valence-corrected chi connectivity index (χ2v) is 6.05. The zero-order valence-corrected chi connectivity index (χ0v) is 14.3. The van der Waals surface area contributed by atoms with Gasteiger partial charge in [0.2, 0.25) is 12.7 Å². The normalized spacial score (nSPS) is 12.2. The maximum atomic E-state index is 12.0. The zero-order valence-electron chi connectivity index (χ0n) is 12.8. The van der Waals surface area contributed by atoms with E-state index in [-0.39, 0.29) is 12.7 Å². The molecule has 2 N–H and O–H groups in total. The molecule has 1 aliphatic heterocycles. The molecule has 0 saturated carbocycles. The molecule has 126 valence electrons. The van der Waals surface area contributed by atoms with Crippen molar-refractivity contribution in [2.75, 3.05) is 18.7 Å². The molecular weight excluding hydrogens is 351 g/mol. The minimum absolute atomic E-state index is 0.127. The Labute approximate surface area is 149 Å². The van der Waals surface area contributed by atoms with Gasteiger partial charge in [0, 0.05) is 19.5 Å². The number of hydrogen-bond donors (Lipinski definition) is 2. The first kappa shape index (κ1) is 16.9. The van der Waals surface area contributed by atoms with E-state index in [0.29, 0.717) is 35.2 Å². The SMILES string of the molecule is O=C(CCNCc1ccc2c(c1)OCO2)Nc1cccc(Cl)c1Cl. The third-order valence-corrected chi connectivity index (χ3v) is 4.34. The summed E-state index contributed by atoms with van der Waals surface area (Å²) in [4.78, 5) is 12.0. The summed E-state index contributed by atoms with van der Waals surface area (Å²) in [6.07, 6.45) is 0.327. The number of benzene rings is 2. The minimum atomic E-state index is -0.127. The summed E-state index contributed by atoms with van der Waals surface area (Å²) in [6.45, 7) is 1.44. The molecule has 2 aromatic rings. The molecule has 0 aromatic heterocycles. The average molecular weight is 367 g/mol. The third-order valence-electron chi connectivity index (χ3n) is 3.52. The number of carbonyl (C=O) groups is 1. The fraction of sp³-hybridized carbons (Fsp3) is 0.235. The first-order chi connectivity index (χ1) is 11.6. The van der Waals surface area contributed by atoms with E-state index in [1.54, 1.807) is 18.2 Å². The summed E-state index contributed by atoms with van der Waals surface area (Å²) >= 11 is 12.0. The van der Waals surface area contributed by atoms with Gasteiger partial charge in [0.15, 0.2) is 11.5 Å². The quantitative estimate of drug-likeness (QED) is 0.762. The molecule has 0 aliphatic carbocycles. The molecule has 24 heavy (non-hydrogen) atoms. The number of halogens is 2. The van der Waals surface area contributed by atoms with E-state index in [1.165, 1.54) is 0 Å². The molecule has 1 aliphatic rings. The Morgan fingerprint density at radius 3 is 2.83 bits per heavy atom. The zero-order chi connectivity index (χ0) is 16.9. The van der Waals surface area contributed by atoms with Gasteiger partial charge in [-0.1, -0.05) is 35.3 Å². The van der Waals surface area contributed by atoms with Gasteiger partial charge in [0.1, 0.15) is 0 Å². The Hall–Kier alpha value is -1.95. The fourth-order valence-corrected chi connectivity index (χ4v) is 2.65. The van der Waals surface area contributed by atoms with Crippen LogP contribution in [0.4, 0.5) is 5.69 Å². The molecular formula is C17H16Cl2N2O3. The van der Waals surface area contributed by atoms with Crippen molar-refractivity contribution < 1.29 is 14.3 Å². The fourth-order valence-electron chi connectivity index (χ4n) is 2.30. The number of rotatable bonds is 6. The number of ether oxygens (including phenoxy) is 2. The average Bonchev–Trinajstić information content (AvgIpc) is 3.03. The lowest BCUT2D eigenvalue weighted by molar-refractivity contribution is -0.116. The Morgan fingerprint density at radius 2 is 1.96 bits per heavy atom. The standard InChI is InChI=1S/C17H16Cl2N2O3/c18-12-2-1-3-13(17(12)19)21-16(22)6-7-20-9-11-4-5-14-15(8-11)24-10-23-14/h1-5,8,20H,6-7,9-10H2,(H,21,22). The Morgan fingerprint density at radius 1 is 1.12 bits per heavy atom. The van der Waals surface area contributed by atoms with Crippen LogP contribution in [0, 0.1) is 0 Å². The highest BCUT2D eigenvalue weighted by molar-refractivity contribution is 6.43. The van der Waals surface area contributed by atoms with Gasteiger partial charge in [-0.15, -0.1) is 0 Å². The molecule has 7 heteroatoms. The van der Waals surface area contributed by atoms with Crippen LogP contribution in [0.25, 0.3) is 0 Å². The Bertz CT molecular complexity index is 753. The lowest BCUT2D eigenvalue weighted by Gasteiger charge is -2.09. The van der Waals surface area contributed by atoms with E-state index in [1.807, 2.05) is 18.2 Å². The summed E-state index contributed by atoms with van der Waals surface area (Å²) in [5, 5.41) is 6.73. The van der Waals surface area contributed by atoms with E-state index < -0.39 is 0 Å². The maximum absolute atomic E-state index is 12.0. The number of anilines is 1. The molecule has 5 nitrogen and oxygen atoms in total. The Kier molecular flexibility index (Phi) is 5.45. The molecule has 1 amide bonds. The van der Waals surface area contributed by atoms with Crippen molar-refractivity contribution in [2.24, 2.45) is 0 Å². The van der Waals surface area contributed by atoms with Crippen molar-refractivity contribution in [3.05, 3.63) is 52.0 Å². The summed E-state index contributed by atoms with van der Waals surface area (Å²) in [6, 6.07) is 10.9. The van der Waals surface area contributed by atoms with E-state index in [2.05, 4.69) is 10.6 Å². The molecule has 0 unspecified atom stereocenters. The van der Waals surface area contributed by atoms with Gasteiger partial charge in [-0.05, 0) is 29.8 Å². The van der Waals surface area contributed by atoms with E-state index in [0.717, 1.165) is 17.1 Å². The minimum Gasteiger partial charge on any atom is -0.454 e. The van der Waals surface area contributed by atoms with E-state index in [9.17, 15) is 4.79 Å². The summed E-state index contributed by atoms with van der Waals surface area (Å²) < 4.78 is 10.6. The number of fused-ring (bicyclic) bond motifs is 1. The number of nitrogens with one attached hydrogen (secondary N) is 2. The molecule has 0 saturated heterocycles. The molecule has 0 fully saturated rings. The first-order valence-electron chi connectivity index (χ1n) is 7.46. The molecule has 3 rings (SSSR count). The molecule has 1 heterocycles. The topological polar surface area (TPSA) is 59.6 Å². The second-order valence-electron chi connectivity index (χ2n) is 5.26. The highest BCUT2D eigenvalue weighted by Gasteiger charge is 2.13. The van der Waals surface area contributed by atoms with Crippen molar-refractivity contribution in [1.29, 1.82) is 0 Å². The highest BCUT2D eigenvalue weighted by atomic mass is 35.5. The largest absolute Gasteiger partial charge is 0.454 e. The van der Waals surface area contributed by atoms with E-state index in [4.69, 9.17) is 32.7 Å². The van der Waals surface area contributed by atoms with Crippen molar-refractivity contribution in [1.82, 2.24) is 5.32 Å². The predicted molar refractivity (Wildman–Crippen MR) is 94.0 cm³/mol. The Balaban J connectivity index is 1.43. The van der Waals surface area contributed by atoms with Crippen molar-refractivity contribution in [2.45, 2.75) is 13.0 Å². The molecule has 0 spiro atoms. The van der Waals surface area contributed by atoms with Crippen LogP contribution in [0.5, 0.6) is 11.5 Å². The van der Waals surface area contributed by atoms with Crippen molar-refractivity contribution >= 4 is 34.8 Å². The third kappa shape index (κ3) is 4.12. The second kappa shape index (κ2) is 7.75. The predicted octanol–water partition coefficient (Wildman–Crippen LogP) is 3.84. The first-order valence-corrected chi connectivity index (χ1v) is 8.22. The lowest BCUT2D eigenvalue weighted by Crippen LogP contribution is -2.21. The van der Waals surface area contributed by atoms with E-state index >= 15 is 0 Å². The van der Waals surface area contributed by atoms with Crippen LogP contribution in [-0.2, 0) is 11.3 Å². The number of hydrogen-bond acceptors (Lipinski definition) is 4. The molecule has 2 aromatic carbocycles. The monoisotopic (exact) mass is 366 g/mol. The van der Waals surface area contributed by atoms with Crippen LogP contribution in [0.1, 0.15) is 12.0 Å². The summed E-state index contributed by atoms with van der Waals surface area (Å²) in [5.74, 6) is 1.39. The summed E-state index contributed by atoms with van der Waals surface area (Å²) in [5.41, 5.74) is 1.59. The summed E-state index contributed by atoms with van der Waals surface area (Å²) in [7, 11) is 0. The molecule has 0 bridgehead atoms. The van der Waals surface area contributed by atoms with Gasteiger partial charge < -0.3 is 20.1 Å². The van der Waals surface area contributed by atoms with Gasteiger partial charge >= 0.3 is 0 Å². The van der Waals surface area contributed by atoms with Gasteiger partial charge in [-0.25, -0.2) is 0 Å². The highest BCUT2D eigenvalue weighted by Crippen LogP contribution is 2.32. The van der Waals surface area contributed by atoms with Crippen LogP contribution in [0.2, 0.25) is 10.0 Å². The van der Waals surface area contributed by atoms with Gasteiger partial charge in [0.25, 0.3) is 0 Å². The molecule has 0 atom stereocenters. The van der Waals surface area contributed by atoms with Gasteiger partial charge in [-0.2, -0.15) is 0 Å². The van der Waals surface area contributed by atoms with Crippen LogP contribution in [0.15, 0.2) is 36.4 Å². The number of amides is 1. The van der Waals surface area contributed by atoms with Crippen LogP contribution >= 0.6 is 23.2 Å². The number of carbonyl (C=O) groups excluding carboxylic acids is 1. The van der Waals surface area contributed by atoms with Gasteiger partial charge in [-0.3, -0.25) is 4.79 Å². The van der Waals surface area contributed by atoms with Crippen LogP contribution in [-0.4, -0.2) is 19.2 Å².